The summed E-state index contributed by atoms with van der Waals surface area (Å²) in [5, 5.41) is 32.8. The number of aliphatic carboxylic acids is 2. The number of rotatable bonds is 5. The molecule has 0 fully saturated rings. The lowest BCUT2D eigenvalue weighted by atomic mass is 10.1. The second-order valence-corrected chi connectivity index (χ2v) is 3.71. The van der Waals surface area contributed by atoms with Crippen molar-refractivity contribution < 1.29 is 44.4 Å². The van der Waals surface area contributed by atoms with Crippen molar-refractivity contribution in [1.82, 2.24) is 0 Å². The van der Waals surface area contributed by atoms with Gasteiger partial charge in [-0.3, -0.25) is 9.59 Å². The van der Waals surface area contributed by atoms with Crippen molar-refractivity contribution in [3.05, 3.63) is 29.3 Å². The molecule has 0 aliphatic heterocycles. The summed E-state index contributed by atoms with van der Waals surface area (Å²) < 4.78 is 0. The molecule has 0 aromatic heterocycles. The first-order valence-corrected chi connectivity index (χ1v) is 5.40. The van der Waals surface area contributed by atoms with E-state index in [-0.39, 0.29) is 16.8 Å². The summed E-state index contributed by atoms with van der Waals surface area (Å²) >= 11 is 0. The standard InChI is InChI=1S/C8H7NO4.C4H4O5/c9-6-3-4(7(10)11)1-2-5(6)8(12)13;5-2(4(8)9)1-3(6)7/h1-3H,9H2,(H,10,11)(H,12,13);1H2,(H,6,7)(H,8,9). The van der Waals surface area contributed by atoms with Crippen LogP contribution in [-0.2, 0) is 14.4 Å². The molecule has 0 spiro atoms. The molecule has 1 rings (SSSR count). The van der Waals surface area contributed by atoms with E-state index in [2.05, 4.69) is 0 Å². The lowest BCUT2D eigenvalue weighted by Gasteiger charge is -2.00. The minimum atomic E-state index is -1.71. The molecule has 0 bridgehead atoms. The van der Waals surface area contributed by atoms with Crippen LogP contribution in [-0.4, -0.2) is 50.1 Å². The maximum absolute atomic E-state index is 10.5. The number of nitrogen functional groups attached to an aromatic ring is 1. The fraction of sp³-hybridized carbons (Fsp3) is 0.0833. The van der Waals surface area contributed by atoms with Gasteiger partial charge in [0, 0.05) is 5.69 Å². The van der Waals surface area contributed by atoms with E-state index in [1.54, 1.807) is 0 Å². The normalized spacial score (nSPS) is 9.09. The van der Waals surface area contributed by atoms with Crippen molar-refractivity contribution in [3.63, 3.8) is 0 Å². The first-order valence-electron chi connectivity index (χ1n) is 5.40. The highest BCUT2D eigenvalue weighted by Crippen LogP contribution is 2.14. The lowest BCUT2D eigenvalue weighted by Crippen LogP contribution is -2.16. The summed E-state index contributed by atoms with van der Waals surface area (Å²) in [6.07, 6.45) is -0.949. The van der Waals surface area contributed by atoms with Gasteiger partial charge in [0.1, 0.15) is 6.42 Å². The molecule has 0 unspecified atom stereocenters. The molecule has 0 aliphatic carbocycles. The molecular formula is C12H11NO9. The summed E-state index contributed by atoms with van der Waals surface area (Å²) in [4.78, 5) is 50.1. The van der Waals surface area contributed by atoms with Gasteiger partial charge in [0.05, 0.1) is 11.1 Å². The third-order valence-electron chi connectivity index (χ3n) is 2.08. The molecule has 22 heavy (non-hydrogen) atoms. The van der Waals surface area contributed by atoms with E-state index in [1.807, 2.05) is 0 Å². The van der Waals surface area contributed by atoms with Crippen molar-refractivity contribution in [3.8, 4) is 0 Å². The van der Waals surface area contributed by atoms with Crippen LogP contribution in [0.1, 0.15) is 27.1 Å². The summed E-state index contributed by atoms with van der Waals surface area (Å²) in [5.41, 5.74) is 5.15. The summed E-state index contributed by atoms with van der Waals surface area (Å²) in [7, 11) is 0. The van der Waals surface area contributed by atoms with Gasteiger partial charge in [0.25, 0.3) is 5.78 Å². The van der Waals surface area contributed by atoms with E-state index in [0.717, 1.165) is 6.07 Å². The van der Waals surface area contributed by atoms with Crippen LogP contribution in [0.3, 0.4) is 0 Å². The molecule has 0 saturated heterocycles. The smallest absolute Gasteiger partial charge is 0.372 e. The Hall–Kier alpha value is -3.43. The monoisotopic (exact) mass is 313 g/mol. The van der Waals surface area contributed by atoms with E-state index in [4.69, 9.17) is 26.2 Å². The average Bonchev–Trinajstić information content (AvgIpc) is 2.37. The highest BCUT2D eigenvalue weighted by atomic mass is 16.4. The molecule has 0 saturated carbocycles. The van der Waals surface area contributed by atoms with Gasteiger partial charge in [0.15, 0.2) is 0 Å². The second-order valence-electron chi connectivity index (χ2n) is 3.71. The average molecular weight is 313 g/mol. The predicted octanol–water partition coefficient (Wildman–Crippen LogP) is -0.220. The van der Waals surface area contributed by atoms with Gasteiger partial charge < -0.3 is 26.2 Å². The number of anilines is 1. The summed E-state index contributed by atoms with van der Waals surface area (Å²) in [5.74, 6) is -6.75. The number of nitrogens with two attached hydrogens (primary N) is 1. The molecule has 118 valence electrons. The van der Waals surface area contributed by atoms with Crippen LogP contribution >= 0.6 is 0 Å². The molecule has 6 N–H and O–H groups in total. The number of carboxylic acids is 4. The van der Waals surface area contributed by atoms with Gasteiger partial charge in [0.2, 0.25) is 0 Å². The van der Waals surface area contributed by atoms with Gasteiger partial charge >= 0.3 is 23.9 Å². The van der Waals surface area contributed by atoms with Crippen LogP contribution in [0.25, 0.3) is 0 Å². The van der Waals surface area contributed by atoms with Gasteiger partial charge in [-0.25, -0.2) is 14.4 Å². The van der Waals surface area contributed by atoms with Crippen molar-refractivity contribution in [2.75, 3.05) is 5.73 Å². The Kier molecular flexibility index (Phi) is 6.75. The zero-order chi connectivity index (χ0) is 17.4. The number of hydrogen-bond acceptors (Lipinski definition) is 6. The largest absolute Gasteiger partial charge is 0.481 e. The molecule has 10 heteroatoms. The molecule has 0 radical (unpaired) electrons. The van der Waals surface area contributed by atoms with Crippen LogP contribution in [0.4, 0.5) is 5.69 Å². The second kappa shape index (κ2) is 7.99. The number of carbonyl (C=O) groups excluding carboxylic acids is 1. The molecule has 0 heterocycles. The number of carboxylic acid groups (broad SMARTS) is 4. The molecule has 0 atom stereocenters. The highest BCUT2D eigenvalue weighted by Gasteiger charge is 2.14. The first kappa shape index (κ1) is 18.6. The Labute approximate surface area is 122 Å². The quantitative estimate of drug-likeness (QED) is 0.275. The minimum absolute atomic E-state index is 0.0255. The van der Waals surface area contributed by atoms with Crippen LogP contribution in [0.5, 0.6) is 0 Å². The van der Waals surface area contributed by atoms with E-state index in [1.165, 1.54) is 12.1 Å². The Morgan fingerprint density at radius 3 is 1.73 bits per heavy atom. The van der Waals surface area contributed by atoms with Crippen LogP contribution < -0.4 is 5.73 Å². The zero-order valence-corrected chi connectivity index (χ0v) is 10.8. The fourth-order valence-electron chi connectivity index (χ4n) is 1.10. The number of carbonyl (C=O) groups is 5. The molecule has 0 amide bonds. The maximum Gasteiger partial charge on any atom is 0.372 e. The summed E-state index contributed by atoms with van der Waals surface area (Å²) in [6, 6.07) is 3.48. The van der Waals surface area contributed by atoms with Crippen molar-refractivity contribution in [2.45, 2.75) is 6.42 Å². The lowest BCUT2D eigenvalue weighted by molar-refractivity contribution is -0.152. The third-order valence-corrected chi connectivity index (χ3v) is 2.08. The van der Waals surface area contributed by atoms with E-state index in [0.29, 0.717) is 0 Å². The predicted molar refractivity (Wildman–Crippen MR) is 69.7 cm³/mol. The molecule has 0 aliphatic rings. The topological polar surface area (TPSA) is 192 Å². The van der Waals surface area contributed by atoms with Crippen molar-refractivity contribution in [1.29, 1.82) is 0 Å². The molecule has 10 nitrogen and oxygen atoms in total. The SMILES string of the molecule is Nc1cc(C(=O)O)ccc1C(=O)O.O=C(O)CC(=O)C(=O)O. The first-order chi connectivity index (χ1) is 10.1. The van der Waals surface area contributed by atoms with Gasteiger partial charge in [-0.15, -0.1) is 0 Å². The highest BCUT2D eigenvalue weighted by molar-refractivity contribution is 6.35. The van der Waals surface area contributed by atoms with Crippen LogP contribution in [0.15, 0.2) is 18.2 Å². The Balaban J connectivity index is 0.000000433. The third kappa shape index (κ3) is 6.14. The number of hydrogen-bond donors (Lipinski definition) is 5. The van der Waals surface area contributed by atoms with Crippen LogP contribution in [0.2, 0.25) is 0 Å². The molecule has 1 aromatic rings. The van der Waals surface area contributed by atoms with E-state index in [9.17, 15) is 24.0 Å². The Bertz CT molecular complexity index is 635. The fourth-order valence-corrected chi connectivity index (χ4v) is 1.10. The van der Waals surface area contributed by atoms with E-state index >= 15 is 0 Å². The van der Waals surface area contributed by atoms with E-state index < -0.39 is 36.1 Å². The van der Waals surface area contributed by atoms with Gasteiger partial charge in [-0.05, 0) is 18.2 Å². The molecule has 1 aromatic carbocycles. The van der Waals surface area contributed by atoms with Crippen molar-refractivity contribution in [2.24, 2.45) is 0 Å². The number of aromatic carboxylic acids is 2. The van der Waals surface area contributed by atoms with Crippen LogP contribution in [0, 0.1) is 0 Å². The summed E-state index contributed by atoms with van der Waals surface area (Å²) in [6.45, 7) is 0. The Morgan fingerprint density at radius 1 is 0.909 bits per heavy atom. The number of Topliss-reactive ketones (excluding diaryl/α,β-unsaturated/α-hetero) is 1. The number of benzene rings is 1. The Morgan fingerprint density at radius 2 is 1.45 bits per heavy atom. The van der Waals surface area contributed by atoms with Crippen molar-refractivity contribution >= 4 is 35.3 Å². The minimum Gasteiger partial charge on any atom is -0.481 e. The van der Waals surface area contributed by atoms with Gasteiger partial charge in [-0.1, -0.05) is 0 Å². The molecular weight excluding hydrogens is 302 g/mol. The maximum atomic E-state index is 10.5. The number of ketones is 1. The zero-order valence-electron chi connectivity index (χ0n) is 10.8. The van der Waals surface area contributed by atoms with Gasteiger partial charge in [-0.2, -0.15) is 0 Å².